The molecule has 0 N–H and O–H groups in total. The Hall–Kier alpha value is -2.10. The molecule has 1 aliphatic carbocycles. The third kappa shape index (κ3) is 3.61. The van der Waals surface area contributed by atoms with Gasteiger partial charge in [-0.15, -0.1) is 0 Å². The Morgan fingerprint density at radius 3 is 2.25 bits per heavy atom. The van der Waals surface area contributed by atoms with Crippen molar-refractivity contribution in [3.05, 3.63) is 83.1 Å². The Balaban J connectivity index is 1.43. The van der Waals surface area contributed by atoms with Crippen molar-refractivity contribution in [3.8, 4) is 0 Å². The fourth-order valence-electron chi connectivity index (χ4n) is 5.14. The summed E-state index contributed by atoms with van der Waals surface area (Å²) in [5.74, 6) is -0.330. The zero-order valence-corrected chi connectivity index (χ0v) is 16.5. The van der Waals surface area contributed by atoms with E-state index in [1.54, 1.807) is 11.3 Å². The minimum absolute atomic E-state index is 0.330. The molecule has 3 heteroatoms. The normalized spacial score (nSPS) is 23.9. The number of nitrogens with zero attached hydrogens (tertiary/aromatic N) is 1. The van der Waals surface area contributed by atoms with E-state index < -0.39 is 0 Å². The van der Waals surface area contributed by atoms with E-state index in [9.17, 15) is 0 Å². The third-order valence-electron chi connectivity index (χ3n) is 6.52. The summed E-state index contributed by atoms with van der Waals surface area (Å²) in [7, 11) is 0. The molecule has 3 nitrogen and oxygen atoms in total. The predicted octanol–water partition coefficient (Wildman–Crippen LogP) is 5.07. The second-order valence-electron chi connectivity index (χ2n) is 8.33. The first kappa shape index (κ1) is 18.0. The van der Waals surface area contributed by atoms with E-state index in [-0.39, 0.29) is 5.79 Å². The standard InChI is InChI=1S/C25H29NO2/c1-3-7-20(8-4-1)17-23-12-11-22-18-25(27-15-16-28-25)14-13-24(22)26(23)19-21-9-5-2-6-10-21/h1-10,23H,11-19H2. The van der Waals surface area contributed by atoms with Gasteiger partial charge in [-0.25, -0.2) is 0 Å². The molecule has 5 rings (SSSR count). The number of allylic oxidation sites excluding steroid dienone is 1. The van der Waals surface area contributed by atoms with Crippen LogP contribution in [0.25, 0.3) is 0 Å². The fraction of sp³-hybridized carbons (Fsp3) is 0.440. The monoisotopic (exact) mass is 375 g/mol. The molecule has 2 aromatic rings. The van der Waals surface area contributed by atoms with E-state index in [1.165, 1.54) is 24.0 Å². The summed E-state index contributed by atoms with van der Waals surface area (Å²) in [5, 5.41) is 0. The van der Waals surface area contributed by atoms with Gasteiger partial charge in [-0.3, -0.25) is 0 Å². The molecule has 0 radical (unpaired) electrons. The molecule has 0 aromatic heterocycles. The van der Waals surface area contributed by atoms with E-state index >= 15 is 0 Å². The molecule has 2 heterocycles. The van der Waals surface area contributed by atoms with E-state index in [1.807, 2.05) is 0 Å². The second kappa shape index (κ2) is 7.73. The van der Waals surface area contributed by atoms with Gasteiger partial charge in [-0.1, -0.05) is 60.7 Å². The lowest BCUT2D eigenvalue weighted by Crippen LogP contribution is -2.44. The molecule has 0 bridgehead atoms. The van der Waals surface area contributed by atoms with Gasteiger partial charge >= 0.3 is 0 Å². The van der Waals surface area contributed by atoms with E-state index in [0.29, 0.717) is 6.04 Å². The lowest BCUT2D eigenvalue weighted by atomic mass is 9.82. The van der Waals surface area contributed by atoms with Crippen LogP contribution < -0.4 is 0 Å². The summed E-state index contributed by atoms with van der Waals surface area (Å²) in [6, 6.07) is 22.4. The van der Waals surface area contributed by atoms with Crippen LogP contribution in [-0.4, -0.2) is 29.9 Å². The molecule has 146 valence electrons. The second-order valence-corrected chi connectivity index (χ2v) is 8.33. The molecule has 0 amide bonds. The summed E-state index contributed by atoms with van der Waals surface area (Å²) < 4.78 is 12.1. The van der Waals surface area contributed by atoms with Crippen LogP contribution in [0.15, 0.2) is 71.9 Å². The van der Waals surface area contributed by atoms with Crippen molar-refractivity contribution in [1.29, 1.82) is 0 Å². The average molecular weight is 376 g/mol. The van der Waals surface area contributed by atoms with Crippen molar-refractivity contribution in [2.45, 2.75) is 56.9 Å². The lowest BCUT2D eigenvalue weighted by Gasteiger charge is -2.46. The molecule has 1 spiro atoms. The van der Waals surface area contributed by atoms with Gasteiger partial charge in [0.15, 0.2) is 5.79 Å². The first-order valence-corrected chi connectivity index (χ1v) is 10.6. The smallest absolute Gasteiger partial charge is 0.172 e. The molecular weight excluding hydrogens is 346 g/mol. The number of hydrogen-bond acceptors (Lipinski definition) is 3. The first-order chi connectivity index (χ1) is 13.8. The zero-order valence-electron chi connectivity index (χ0n) is 16.5. The predicted molar refractivity (Wildman–Crippen MR) is 111 cm³/mol. The molecule has 1 atom stereocenters. The molecule has 1 saturated heterocycles. The number of hydrogen-bond donors (Lipinski definition) is 0. The summed E-state index contributed by atoms with van der Waals surface area (Å²) in [6.45, 7) is 2.48. The zero-order chi connectivity index (χ0) is 18.8. The van der Waals surface area contributed by atoms with Crippen LogP contribution in [-0.2, 0) is 22.4 Å². The van der Waals surface area contributed by atoms with Crippen molar-refractivity contribution >= 4 is 0 Å². The maximum absolute atomic E-state index is 6.03. The maximum atomic E-state index is 6.03. The Labute approximate surface area is 168 Å². The van der Waals surface area contributed by atoms with Gasteiger partial charge in [0.05, 0.1) is 13.2 Å². The fourth-order valence-corrected chi connectivity index (χ4v) is 5.14. The van der Waals surface area contributed by atoms with E-state index in [0.717, 1.165) is 45.4 Å². The highest BCUT2D eigenvalue weighted by atomic mass is 16.7. The van der Waals surface area contributed by atoms with Crippen molar-refractivity contribution in [3.63, 3.8) is 0 Å². The molecule has 1 unspecified atom stereocenters. The summed E-state index contributed by atoms with van der Waals surface area (Å²) in [5.41, 5.74) is 5.95. The van der Waals surface area contributed by atoms with Crippen LogP contribution in [0, 0.1) is 0 Å². The lowest BCUT2D eigenvalue weighted by molar-refractivity contribution is -0.166. The van der Waals surface area contributed by atoms with Crippen LogP contribution in [0.4, 0.5) is 0 Å². The van der Waals surface area contributed by atoms with Crippen molar-refractivity contribution in [2.75, 3.05) is 13.2 Å². The van der Waals surface area contributed by atoms with Gasteiger partial charge < -0.3 is 14.4 Å². The quantitative estimate of drug-likeness (QED) is 0.744. The first-order valence-electron chi connectivity index (χ1n) is 10.6. The molecule has 28 heavy (non-hydrogen) atoms. The molecule has 0 saturated carbocycles. The highest BCUT2D eigenvalue weighted by Crippen LogP contribution is 2.45. The number of rotatable bonds is 4. The SMILES string of the molecule is c1ccc(CC2CCC3=C(CCC4(C3)OCCO4)N2Cc2ccccc2)cc1. The van der Waals surface area contributed by atoms with Gasteiger partial charge in [0.1, 0.15) is 0 Å². The molecule has 1 fully saturated rings. The van der Waals surface area contributed by atoms with Gasteiger partial charge in [0.25, 0.3) is 0 Å². The summed E-state index contributed by atoms with van der Waals surface area (Å²) in [6.07, 6.45) is 6.49. The molecule has 2 aliphatic heterocycles. The number of benzene rings is 2. The van der Waals surface area contributed by atoms with Gasteiger partial charge in [0, 0.05) is 31.1 Å². The topological polar surface area (TPSA) is 21.7 Å². The summed E-state index contributed by atoms with van der Waals surface area (Å²) in [4.78, 5) is 2.70. The highest BCUT2D eigenvalue weighted by molar-refractivity contribution is 5.27. The van der Waals surface area contributed by atoms with Crippen LogP contribution in [0.3, 0.4) is 0 Å². The van der Waals surface area contributed by atoms with E-state index in [4.69, 9.17) is 9.47 Å². The Morgan fingerprint density at radius 1 is 0.857 bits per heavy atom. The molecule has 2 aromatic carbocycles. The Kier molecular flexibility index (Phi) is 4.96. The van der Waals surface area contributed by atoms with Crippen LogP contribution >= 0.6 is 0 Å². The van der Waals surface area contributed by atoms with Gasteiger partial charge in [0.2, 0.25) is 0 Å². The summed E-state index contributed by atoms with van der Waals surface area (Å²) >= 11 is 0. The van der Waals surface area contributed by atoms with Crippen molar-refractivity contribution in [1.82, 2.24) is 4.90 Å². The molecular formula is C25H29NO2. The highest BCUT2D eigenvalue weighted by Gasteiger charge is 2.43. The average Bonchev–Trinajstić information content (AvgIpc) is 3.19. The van der Waals surface area contributed by atoms with E-state index in [2.05, 4.69) is 65.6 Å². The van der Waals surface area contributed by atoms with Crippen molar-refractivity contribution in [2.24, 2.45) is 0 Å². The largest absolute Gasteiger partial charge is 0.367 e. The van der Waals surface area contributed by atoms with Crippen LogP contribution in [0.2, 0.25) is 0 Å². The van der Waals surface area contributed by atoms with Crippen LogP contribution in [0.5, 0.6) is 0 Å². The third-order valence-corrected chi connectivity index (χ3v) is 6.52. The Bertz CT molecular complexity index is 824. The molecule has 3 aliphatic rings. The van der Waals surface area contributed by atoms with Crippen LogP contribution in [0.1, 0.15) is 43.2 Å². The minimum atomic E-state index is -0.330. The van der Waals surface area contributed by atoms with Gasteiger partial charge in [-0.2, -0.15) is 0 Å². The Morgan fingerprint density at radius 2 is 1.54 bits per heavy atom. The maximum Gasteiger partial charge on any atom is 0.172 e. The van der Waals surface area contributed by atoms with Gasteiger partial charge in [-0.05, 0) is 42.4 Å². The van der Waals surface area contributed by atoms with Crippen molar-refractivity contribution < 1.29 is 9.47 Å². The number of ether oxygens (including phenoxy) is 2. The minimum Gasteiger partial charge on any atom is -0.367 e.